The second-order valence-corrected chi connectivity index (χ2v) is 3.50. The second kappa shape index (κ2) is 4.17. The average Bonchev–Trinajstić information content (AvgIpc) is 2.61. The van der Waals surface area contributed by atoms with Crippen LogP contribution in [-0.2, 0) is 16.0 Å². The SMILES string of the molecule is O=C1OCC=C1CCc1cccc(O)c1. The molecule has 3 nitrogen and oxygen atoms in total. The average molecular weight is 204 g/mol. The smallest absolute Gasteiger partial charge is 0.334 e. The zero-order valence-corrected chi connectivity index (χ0v) is 8.27. The summed E-state index contributed by atoms with van der Waals surface area (Å²) in [6, 6.07) is 7.07. The Morgan fingerprint density at radius 3 is 2.87 bits per heavy atom. The van der Waals surface area contributed by atoms with Crippen molar-refractivity contribution in [2.24, 2.45) is 0 Å². The van der Waals surface area contributed by atoms with Crippen LogP contribution in [0.3, 0.4) is 0 Å². The molecule has 0 unspecified atom stereocenters. The molecule has 0 fully saturated rings. The molecule has 2 rings (SSSR count). The van der Waals surface area contributed by atoms with Crippen LogP contribution < -0.4 is 0 Å². The Labute approximate surface area is 88.0 Å². The number of aromatic hydroxyl groups is 1. The zero-order chi connectivity index (χ0) is 10.7. The number of hydrogen-bond donors (Lipinski definition) is 1. The maximum atomic E-state index is 11.1. The van der Waals surface area contributed by atoms with Gasteiger partial charge < -0.3 is 9.84 Å². The van der Waals surface area contributed by atoms with Gasteiger partial charge in [-0.15, -0.1) is 0 Å². The molecule has 0 radical (unpaired) electrons. The largest absolute Gasteiger partial charge is 0.508 e. The van der Waals surface area contributed by atoms with E-state index in [1.165, 1.54) is 0 Å². The van der Waals surface area contributed by atoms with E-state index in [0.29, 0.717) is 13.0 Å². The van der Waals surface area contributed by atoms with E-state index in [4.69, 9.17) is 4.74 Å². The van der Waals surface area contributed by atoms with Gasteiger partial charge in [0.1, 0.15) is 12.4 Å². The Kier molecular flexibility index (Phi) is 2.72. The van der Waals surface area contributed by atoms with Crippen LogP contribution >= 0.6 is 0 Å². The maximum Gasteiger partial charge on any atom is 0.334 e. The van der Waals surface area contributed by atoms with Crippen LogP contribution in [0.1, 0.15) is 12.0 Å². The topological polar surface area (TPSA) is 46.5 Å². The van der Waals surface area contributed by atoms with Crippen molar-refractivity contribution in [1.82, 2.24) is 0 Å². The molecule has 0 saturated carbocycles. The lowest BCUT2D eigenvalue weighted by Crippen LogP contribution is -2.00. The highest BCUT2D eigenvalue weighted by molar-refractivity contribution is 5.90. The number of phenols is 1. The molecule has 0 atom stereocenters. The summed E-state index contributed by atoms with van der Waals surface area (Å²) in [7, 11) is 0. The van der Waals surface area contributed by atoms with Crippen LogP contribution in [0.4, 0.5) is 0 Å². The van der Waals surface area contributed by atoms with Gasteiger partial charge in [0, 0.05) is 5.57 Å². The lowest BCUT2D eigenvalue weighted by Gasteiger charge is -2.01. The number of benzene rings is 1. The molecule has 1 aromatic carbocycles. The maximum absolute atomic E-state index is 11.1. The van der Waals surface area contributed by atoms with Gasteiger partial charge >= 0.3 is 5.97 Å². The van der Waals surface area contributed by atoms with E-state index in [0.717, 1.165) is 17.6 Å². The summed E-state index contributed by atoms with van der Waals surface area (Å²) in [6.07, 6.45) is 3.22. The van der Waals surface area contributed by atoms with Gasteiger partial charge in [0.15, 0.2) is 0 Å². The molecule has 0 aromatic heterocycles. The molecular formula is C12H12O3. The van der Waals surface area contributed by atoms with Crippen LogP contribution in [0.2, 0.25) is 0 Å². The molecule has 1 heterocycles. The standard InChI is InChI=1S/C12H12O3/c13-11-3-1-2-9(8-11)4-5-10-6-7-15-12(10)14/h1-3,6,8,13H,4-5,7H2. The highest BCUT2D eigenvalue weighted by atomic mass is 16.5. The van der Waals surface area contributed by atoms with Gasteiger partial charge in [-0.3, -0.25) is 0 Å². The number of esters is 1. The molecule has 1 aliphatic rings. The summed E-state index contributed by atoms with van der Waals surface area (Å²) in [6.45, 7) is 0.397. The number of rotatable bonds is 3. The van der Waals surface area contributed by atoms with Crippen LogP contribution in [0.25, 0.3) is 0 Å². The second-order valence-electron chi connectivity index (χ2n) is 3.50. The first-order valence-corrected chi connectivity index (χ1v) is 4.90. The first-order valence-electron chi connectivity index (χ1n) is 4.90. The molecule has 0 saturated heterocycles. The predicted molar refractivity (Wildman–Crippen MR) is 55.5 cm³/mol. The number of cyclic esters (lactones) is 1. The summed E-state index contributed by atoms with van der Waals surface area (Å²) in [5.41, 5.74) is 1.76. The molecule has 1 N–H and O–H groups in total. The van der Waals surface area contributed by atoms with Gasteiger partial charge in [-0.1, -0.05) is 12.1 Å². The highest BCUT2D eigenvalue weighted by Crippen LogP contribution is 2.17. The van der Waals surface area contributed by atoms with E-state index < -0.39 is 0 Å². The molecule has 1 aromatic rings. The number of aryl methyl sites for hydroxylation is 1. The number of phenolic OH excluding ortho intramolecular Hbond substituents is 1. The van der Waals surface area contributed by atoms with Crippen molar-refractivity contribution in [1.29, 1.82) is 0 Å². The summed E-state index contributed by atoms with van der Waals surface area (Å²) in [4.78, 5) is 11.1. The third-order valence-corrected chi connectivity index (χ3v) is 2.40. The number of ether oxygens (including phenoxy) is 1. The van der Waals surface area contributed by atoms with E-state index >= 15 is 0 Å². The molecule has 3 heteroatoms. The fourth-order valence-corrected chi connectivity index (χ4v) is 1.59. The van der Waals surface area contributed by atoms with Crippen LogP contribution in [-0.4, -0.2) is 17.7 Å². The number of hydrogen-bond acceptors (Lipinski definition) is 3. The van der Waals surface area contributed by atoms with Crippen LogP contribution in [0.15, 0.2) is 35.9 Å². The van der Waals surface area contributed by atoms with Crippen molar-refractivity contribution in [2.75, 3.05) is 6.61 Å². The molecule has 0 spiro atoms. The van der Waals surface area contributed by atoms with Crippen LogP contribution in [0.5, 0.6) is 5.75 Å². The van der Waals surface area contributed by atoms with Gasteiger partial charge in [0.2, 0.25) is 0 Å². The minimum atomic E-state index is -0.213. The summed E-state index contributed by atoms with van der Waals surface area (Å²) in [5, 5.41) is 9.25. The molecular weight excluding hydrogens is 192 g/mol. The van der Waals surface area contributed by atoms with Crippen LogP contribution in [0, 0.1) is 0 Å². The molecule has 1 aliphatic heterocycles. The quantitative estimate of drug-likeness (QED) is 0.764. The molecule has 15 heavy (non-hydrogen) atoms. The van der Waals surface area contributed by atoms with Crippen molar-refractivity contribution >= 4 is 5.97 Å². The van der Waals surface area contributed by atoms with E-state index in [1.807, 2.05) is 12.1 Å². The summed E-state index contributed by atoms with van der Waals surface area (Å²) >= 11 is 0. The van der Waals surface area contributed by atoms with Gasteiger partial charge in [-0.2, -0.15) is 0 Å². The number of carbonyl (C=O) groups is 1. The first-order chi connectivity index (χ1) is 7.25. The van der Waals surface area contributed by atoms with Gasteiger partial charge in [-0.25, -0.2) is 4.79 Å². The third kappa shape index (κ3) is 2.37. The Morgan fingerprint density at radius 1 is 1.33 bits per heavy atom. The lowest BCUT2D eigenvalue weighted by molar-refractivity contribution is -0.136. The zero-order valence-electron chi connectivity index (χ0n) is 8.27. The predicted octanol–water partition coefficient (Wildman–Crippen LogP) is 1.81. The van der Waals surface area contributed by atoms with Gasteiger partial charge in [0.25, 0.3) is 0 Å². The van der Waals surface area contributed by atoms with Crippen molar-refractivity contribution in [3.05, 3.63) is 41.5 Å². The molecule has 78 valence electrons. The summed E-state index contributed by atoms with van der Waals surface area (Å²) < 4.78 is 4.80. The fraction of sp³-hybridized carbons (Fsp3) is 0.250. The first kappa shape index (κ1) is 9.77. The van der Waals surface area contributed by atoms with Crippen molar-refractivity contribution in [3.63, 3.8) is 0 Å². The monoisotopic (exact) mass is 204 g/mol. The molecule has 0 amide bonds. The van der Waals surface area contributed by atoms with Crippen molar-refractivity contribution in [2.45, 2.75) is 12.8 Å². The van der Waals surface area contributed by atoms with Crippen molar-refractivity contribution in [3.8, 4) is 5.75 Å². The summed E-state index contributed by atoms with van der Waals surface area (Å²) in [5.74, 6) is 0.0469. The third-order valence-electron chi connectivity index (χ3n) is 2.40. The van der Waals surface area contributed by atoms with E-state index in [2.05, 4.69) is 0 Å². The Bertz CT molecular complexity index is 407. The fourth-order valence-electron chi connectivity index (χ4n) is 1.59. The van der Waals surface area contributed by atoms with Crippen molar-refractivity contribution < 1.29 is 14.6 Å². The van der Waals surface area contributed by atoms with E-state index in [-0.39, 0.29) is 11.7 Å². The lowest BCUT2D eigenvalue weighted by atomic mass is 10.0. The van der Waals surface area contributed by atoms with E-state index in [9.17, 15) is 9.90 Å². The van der Waals surface area contributed by atoms with Gasteiger partial charge in [-0.05, 0) is 36.6 Å². The molecule has 0 aliphatic carbocycles. The highest BCUT2D eigenvalue weighted by Gasteiger charge is 2.15. The minimum absolute atomic E-state index is 0.213. The Hall–Kier alpha value is -1.77. The number of carbonyl (C=O) groups excluding carboxylic acids is 1. The normalized spacial score (nSPS) is 14.9. The van der Waals surface area contributed by atoms with E-state index in [1.54, 1.807) is 18.2 Å². The Morgan fingerprint density at radius 2 is 2.20 bits per heavy atom. The molecule has 0 bridgehead atoms. The minimum Gasteiger partial charge on any atom is -0.508 e. The Balaban J connectivity index is 1.96. The van der Waals surface area contributed by atoms with Gasteiger partial charge in [0.05, 0.1) is 0 Å².